The molecule has 1 aliphatic heterocycles. The summed E-state index contributed by atoms with van der Waals surface area (Å²) in [5.74, 6) is 4.87. The fourth-order valence-electron chi connectivity index (χ4n) is 7.04. The van der Waals surface area contributed by atoms with Gasteiger partial charge in [-0.2, -0.15) is 0 Å². The van der Waals surface area contributed by atoms with Crippen molar-refractivity contribution in [2.75, 3.05) is 26.4 Å². The molecule has 13 heteroatoms. The van der Waals surface area contributed by atoms with Crippen molar-refractivity contribution in [3.8, 4) is 11.8 Å². The summed E-state index contributed by atoms with van der Waals surface area (Å²) in [5, 5.41) is 17.9. The van der Waals surface area contributed by atoms with Crippen molar-refractivity contribution in [3.63, 3.8) is 0 Å². The number of ketones is 4. The number of imidazole rings is 2. The molecular weight excluding hydrogens is 668 g/mol. The Balaban J connectivity index is 0.000000201. The van der Waals surface area contributed by atoms with Crippen LogP contribution in [0.3, 0.4) is 0 Å². The van der Waals surface area contributed by atoms with Crippen LogP contribution in [0, 0.1) is 11.8 Å². The number of carbonyl (C=O) groups is 4. The first-order valence-electron chi connectivity index (χ1n) is 17.3. The molecule has 3 aliphatic rings. The number of benzene rings is 2. The molecule has 3 fully saturated rings. The van der Waals surface area contributed by atoms with Gasteiger partial charge in [0.1, 0.15) is 18.2 Å². The number of aromatic nitrogens is 4. The summed E-state index contributed by atoms with van der Waals surface area (Å²) in [6.45, 7) is 1.82. The zero-order chi connectivity index (χ0) is 36.7. The van der Waals surface area contributed by atoms with Gasteiger partial charge in [-0.05, 0) is 62.3 Å². The van der Waals surface area contributed by atoms with Crippen molar-refractivity contribution >= 4 is 45.2 Å². The molecule has 3 heterocycles. The van der Waals surface area contributed by atoms with E-state index in [1.54, 1.807) is 36.9 Å². The maximum atomic E-state index is 12.7. The molecule has 278 valence electrons. The number of rotatable bonds is 5. The molecule has 0 amide bonds. The predicted octanol–water partition coefficient (Wildman–Crippen LogP) is 3.11. The van der Waals surface area contributed by atoms with Gasteiger partial charge in [0.15, 0.2) is 11.6 Å². The molecule has 2 N–H and O–H groups in total. The minimum absolute atomic E-state index is 0. The third kappa shape index (κ3) is 8.41. The lowest BCUT2D eigenvalue weighted by atomic mass is 9.92. The van der Waals surface area contributed by atoms with Gasteiger partial charge in [-0.3, -0.25) is 37.4 Å². The minimum Gasteiger partial charge on any atom is -0.396 e. The SMILES string of the molecule is C.C1CCOC1.Cn1c(=O)n(C2CCC(=O)CC2=O)c2cccc(C#CCO)c21.Cn1c(=O)n(C2CCC(=O)CC2=O)c2cccc(CCCO)c21. The summed E-state index contributed by atoms with van der Waals surface area (Å²) in [4.78, 5) is 72.6. The van der Waals surface area contributed by atoms with E-state index in [1.165, 1.54) is 26.5 Å². The maximum Gasteiger partial charge on any atom is 0.329 e. The van der Waals surface area contributed by atoms with Crippen molar-refractivity contribution < 1.29 is 34.1 Å². The van der Waals surface area contributed by atoms with Crippen molar-refractivity contribution in [2.45, 2.75) is 83.7 Å². The molecule has 2 atom stereocenters. The zero-order valence-electron chi connectivity index (χ0n) is 29.1. The highest BCUT2D eigenvalue weighted by molar-refractivity contribution is 6.04. The highest BCUT2D eigenvalue weighted by atomic mass is 16.5. The second-order valence-corrected chi connectivity index (χ2v) is 13.0. The van der Waals surface area contributed by atoms with E-state index in [-0.39, 0.29) is 68.0 Å². The Kier molecular flexibility index (Phi) is 13.8. The average Bonchev–Trinajstić information content (AvgIpc) is 3.84. The molecule has 2 aliphatic carbocycles. The van der Waals surface area contributed by atoms with Crippen LogP contribution in [0.15, 0.2) is 46.0 Å². The quantitative estimate of drug-likeness (QED) is 0.233. The first-order valence-corrected chi connectivity index (χ1v) is 17.3. The molecule has 0 spiro atoms. The Morgan fingerprint density at radius 1 is 0.750 bits per heavy atom. The summed E-state index contributed by atoms with van der Waals surface area (Å²) in [5.41, 5.74) is 3.84. The van der Waals surface area contributed by atoms with Crippen LogP contribution in [0.1, 0.15) is 88.4 Å². The fraction of sp³-hybridized carbons (Fsp3) is 0.487. The van der Waals surface area contributed by atoms with E-state index in [1.807, 2.05) is 18.2 Å². The van der Waals surface area contributed by atoms with Gasteiger partial charge < -0.3 is 14.9 Å². The lowest BCUT2D eigenvalue weighted by molar-refractivity contribution is -0.133. The van der Waals surface area contributed by atoms with Crippen molar-refractivity contribution in [1.29, 1.82) is 0 Å². The van der Waals surface area contributed by atoms with E-state index in [4.69, 9.17) is 14.9 Å². The average molecular weight is 717 g/mol. The number of nitrogens with zero attached hydrogens (tertiary/aromatic N) is 4. The molecule has 2 aromatic heterocycles. The van der Waals surface area contributed by atoms with Gasteiger partial charge in [0, 0.05) is 46.8 Å². The maximum absolute atomic E-state index is 12.7. The van der Waals surface area contributed by atoms with Crippen molar-refractivity contribution in [1.82, 2.24) is 18.3 Å². The largest absolute Gasteiger partial charge is 0.396 e. The number of fused-ring (bicyclic) bond motifs is 2. The number of aliphatic hydroxyl groups is 2. The van der Waals surface area contributed by atoms with E-state index < -0.39 is 12.1 Å². The Morgan fingerprint density at radius 3 is 1.75 bits per heavy atom. The summed E-state index contributed by atoms with van der Waals surface area (Å²) in [6.07, 6.45) is 5.03. The Bertz CT molecular complexity index is 2130. The number of ether oxygens (including phenoxy) is 1. The summed E-state index contributed by atoms with van der Waals surface area (Å²) in [6, 6.07) is 9.77. The topological polar surface area (TPSA) is 172 Å². The highest BCUT2D eigenvalue weighted by Crippen LogP contribution is 2.29. The lowest BCUT2D eigenvalue weighted by Crippen LogP contribution is -2.34. The number of hydrogen-bond acceptors (Lipinski definition) is 9. The minimum atomic E-state index is -0.607. The third-order valence-electron chi connectivity index (χ3n) is 9.53. The van der Waals surface area contributed by atoms with E-state index >= 15 is 0 Å². The van der Waals surface area contributed by atoms with Crippen LogP contribution in [0.4, 0.5) is 0 Å². The Hall–Kier alpha value is -4.90. The molecular formula is C39H48N4O9. The number of aryl methyl sites for hydroxylation is 3. The summed E-state index contributed by atoms with van der Waals surface area (Å²) in [7, 11) is 3.33. The van der Waals surface area contributed by atoms with Gasteiger partial charge >= 0.3 is 11.4 Å². The van der Waals surface area contributed by atoms with E-state index in [9.17, 15) is 28.8 Å². The van der Waals surface area contributed by atoms with Gasteiger partial charge in [0.2, 0.25) is 0 Å². The van der Waals surface area contributed by atoms with Gasteiger partial charge in [-0.25, -0.2) is 9.59 Å². The number of Topliss-reactive ketones (excluding diaryl/α,β-unsaturated/α-hetero) is 4. The van der Waals surface area contributed by atoms with Gasteiger partial charge in [0.05, 0.1) is 52.6 Å². The van der Waals surface area contributed by atoms with Crippen molar-refractivity contribution in [3.05, 3.63) is 68.5 Å². The second-order valence-electron chi connectivity index (χ2n) is 13.0. The van der Waals surface area contributed by atoms with E-state index in [0.717, 1.165) is 29.8 Å². The van der Waals surface area contributed by atoms with E-state index in [0.29, 0.717) is 55.1 Å². The van der Waals surface area contributed by atoms with Crippen LogP contribution in [-0.4, -0.2) is 78.0 Å². The molecule has 0 bridgehead atoms. The second kappa shape index (κ2) is 18.0. The number of para-hydroxylation sites is 2. The molecule has 0 radical (unpaired) electrons. The number of hydrogen-bond donors (Lipinski definition) is 2. The smallest absolute Gasteiger partial charge is 0.329 e. The van der Waals surface area contributed by atoms with Gasteiger partial charge in [-0.15, -0.1) is 0 Å². The predicted molar refractivity (Wildman–Crippen MR) is 196 cm³/mol. The standard InChI is InChI=1S/C17H20N2O4.C17H16N2O4.C4H8O.CH4/c2*1-18-16-11(5-3-9-20)4-2-6-14(16)19(17(18)23)13-8-7-12(21)10-15(13)22;1-2-4-5-3-1;/h2,4,6,13,20H,3,5,7-10H2,1H3;2,4,6,13,20H,7-10H2,1H3;1-4H2;1H4. The van der Waals surface area contributed by atoms with Crippen LogP contribution in [-0.2, 0) is 44.4 Å². The first kappa shape index (κ1) is 39.9. The molecule has 4 aromatic rings. The summed E-state index contributed by atoms with van der Waals surface area (Å²) < 4.78 is 11.0. The first-order chi connectivity index (χ1) is 24.6. The Morgan fingerprint density at radius 2 is 1.27 bits per heavy atom. The van der Waals surface area contributed by atoms with Crippen LogP contribution in [0.5, 0.6) is 0 Å². The number of aliphatic hydroxyl groups excluding tert-OH is 2. The molecule has 2 unspecified atom stereocenters. The lowest BCUT2D eigenvalue weighted by Gasteiger charge is -2.21. The van der Waals surface area contributed by atoms with Crippen LogP contribution in [0.25, 0.3) is 22.1 Å². The number of carbonyl (C=O) groups excluding carboxylic acids is 4. The zero-order valence-corrected chi connectivity index (χ0v) is 29.1. The molecule has 2 saturated carbocycles. The summed E-state index contributed by atoms with van der Waals surface area (Å²) >= 11 is 0. The van der Waals surface area contributed by atoms with Crippen LogP contribution in [0.2, 0.25) is 0 Å². The molecule has 1 saturated heterocycles. The third-order valence-corrected chi connectivity index (χ3v) is 9.53. The molecule has 52 heavy (non-hydrogen) atoms. The van der Waals surface area contributed by atoms with Crippen LogP contribution >= 0.6 is 0 Å². The molecule has 13 nitrogen and oxygen atoms in total. The fourth-order valence-corrected chi connectivity index (χ4v) is 7.04. The molecule has 2 aromatic carbocycles. The van der Waals surface area contributed by atoms with E-state index in [2.05, 4.69) is 11.8 Å². The highest BCUT2D eigenvalue weighted by Gasteiger charge is 2.33. The van der Waals surface area contributed by atoms with Crippen LogP contribution < -0.4 is 11.4 Å². The van der Waals surface area contributed by atoms with Crippen molar-refractivity contribution in [2.24, 2.45) is 14.1 Å². The Labute approximate surface area is 301 Å². The van der Waals surface area contributed by atoms with Gasteiger partial charge in [0.25, 0.3) is 0 Å². The van der Waals surface area contributed by atoms with Gasteiger partial charge in [-0.1, -0.05) is 37.5 Å². The monoisotopic (exact) mass is 716 g/mol. The normalized spacial score (nSPS) is 18.6. The molecule has 7 rings (SSSR count).